The number of imide groups is 1. The number of hydrogen-bond donors (Lipinski definition) is 0. The monoisotopic (exact) mass is 541 g/mol. The molecule has 1 atom stereocenters. The molecule has 0 saturated heterocycles. The zero-order valence-corrected chi connectivity index (χ0v) is 21.7. The lowest BCUT2D eigenvalue weighted by Crippen LogP contribution is -2.43. The van der Waals surface area contributed by atoms with Crippen molar-refractivity contribution in [3.05, 3.63) is 64.7 Å². The molecule has 3 rings (SSSR count). The van der Waals surface area contributed by atoms with Gasteiger partial charge in [0.15, 0.2) is 0 Å². The van der Waals surface area contributed by atoms with Crippen molar-refractivity contribution in [3.63, 3.8) is 0 Å². The van der Waals surface area contributed by atoms with Gasteiger partial charge in [0.2, 0.25) is 0 Å². The molecule has 0 aliphatic carbocycles. The van der Waals surface area contributed by atoms with Crippen LogP contribution in [0.4, 0.5) is 23.7 Å². The molecule has 2 amide bonds. The van der Waals surface area contributed by atoms with Gasteiger partial charge in [-0.1, -0.05) is 30.7 Å². The van der Waals surface area contributed by atoms with Crippen molar-refractivity contribution < 1.29 is 27.5 Å². The normalized spacial score (nSPS) is 17.6. The van der Waals surface area contributed by atoms with E-state index in [0.29, 0.717) is 11.6 Å². The Labute approximate surface area is 217 Å². The summed E-state index contributed by atoms with van der Waals surface area (Å²) in [6, 6.07) is 11.1. The maximum atomic E-state index is 13.2. The number of hydrazone groups is 1. The molecule has 2 aromatic rings. The van der Waals surface area contributed by atoms with Crippen LogP contribution < -0.4 is 4.90 Å². The Morgan fingerprint density at radius 2 is 1.81 bits per heavy atom. The summed E-state index contributed by atoms with van der Waals surface area (Å²) >= 11 is 7.80. The van der Waals surface area contributed by atoms with Gasteiger partial charge in [0.1, 0.15) is 6.54 Å². The molecule has 0 spiro atoms. The Kier molecular flexibility index (Phi) is 8.94. The molecular formula is C25H27ClF3N3O3S. The first-order chi connectivity index (χ1) is 17.0. The summed E-state index contributed by atoms with van der Waals surface area (Å²) in [7, 11) is 1.10. The van der Waals surface area contributed by atoms with E-state index in [1.165, 1.54) is 0 Å². The largest absolute Gasteiger partial charge is 0.452 e. The second-order valence-electron chi connectivity index (χ2n) is 8.68. The zero-order chi connectivity index (χ0) is 26.5. The van der Waals surface area contributed by atoms with E-state index in [1.54, 1.807) is 28.9 Å². The lowest BCUT2D eigenvalue weighted by atomic mass is 9.78. The van der Waals surface area contributed by atoms with Crippen LogP contribution in [-0.4, -0.2) is 54.9 Å². The highest BCUT2D eigenvalue weighted by Crippen LogP contribution is 2.36. The molecule has 1 heterocycles. The Morgan fingerprint density at radius 3 is 2.36 bits per heavy atom. The van der Waals surface area contributed by atoms with Crippen molar-refractivity contribution in [3.8, 4) is 0 Å². The van der Waals surface area contributed by atoms with Crippen molar-refractivity contribution >= 4 is 46.8 Å². The van der Waals surface area contributed by atoms with Gasteiger partial charge in [0.25, 0.3) is 5.91 Å². The smallest absolute Gasteiger partial charge is 0.420 e. The number of anilines is 1. The Balaban J connectivity index is 1.86. The molecule has 0 aromatic heterocycles. The molecule has 1 aliphatic heterocycles. The average Bonchev–Trinajstić information content (AvgIpc) is 3.15. The summed E-state index contributed by atoms with van der Waals surface area (Å²) < 4.78 is 43.6. The maximum Gasteiger partial charge on any atom is 0.420 e. The predicted octanol–water partition coefficient (Wildman–Crippen LogP) is 6.33. The van der Waals surface area contributed by atoms with E-state index in [1.807, 2.05) is 18.4 Å². The minimum Gasteiger partial charge on any atom is -0.452 e. The van der Waals surface area contributed by atoms with Gasteiger partial charge in [0.05, 0.1) is 24.1 Å². The van der Waals surface area contributed by atoms with Gasteiger partial charge < -0.3 is 4.74 Å². The van der Waals surface area contributed by atoms with Crippen molar-refractivity contribution in [2.24, 2.45) is 10.5 Å². The van der Waals surface area contributed by atoms with Gasteiger partial charge in [0, 0.05) is 17.0 Å². The molecule has 6 nitrogen and oxygen atoms in total. The molecular weight excluding hydrogens is 515 g/mol. The van der Waals surface area contributed by atoms with E-state index in [-0.39, 0.29) is 17.6 Å². The van der Waals surface area contributed by atoms with Crippen LogP contribution in [0.15, 0.2) is 53.6 Å². The summed E-state index contributed by atoms with van der Waals surface area (Å²) in [4.78, 5) is 26.4. The topological polar surface area (TPSA) is 62.2 Å². The van der Waals surface area contributed by atoms with E-state index in [2.05, 4.69) is 6.92 Å². The minimum atomic E-state index is -4.54. The van der Waals surface area contributed by atoms with E-state index in [0.717, 1.165) is 66.1 Å². The molecule has 36 heavy (non-hydrogen) atoms. The molecule has 0 radical (unpaired) electrons. The molecule has 11 heteroatoms. The van der Waals surface area contributed by atoms with Crippen LogP contribution in [0, 0.1) is 5.41 Å². The molecule has 194 valence electrons. The van der Waals surface area contributed by atoms with Gasteiger partial charge in [-0.05, 0) is 66.8 Å². The van der Waals surface area contributed by atoms with Crippen LogP contribution in [0.25, 0.3) is 0 Å². The highest BCUT2D eigenvalue weighted by Gasteiger charge is 2.40. The van der Waals surface area contributed by atoms with E-state index in [9.17, 15) is 22.8 Å². The third-order valence-corrected chi connectivity index (χ3v) is 6.87. The first kappa shape index (κ1) is 27.9. The molecule has 0 bridgehead atoms. The van der Waals surface area contributed by atoms with Crippen LogP contribution in [0.1, 0.15) is 30.9 Å². The number of nitrogens with zero attached hydrogens (tertiary/aromatic N) is 3. The first-order valence-corrected chi connectivity index (χ1v) is 12.9. The molecule has 2 aromatic carbocycles. The van der Waals surface area contributed by atoms with E-state index < -0.39 is 23.7 Å². The number of carbonyl (C=O) groups is 2. The third kappa shape index (κ3) is 6.53. The highest BCUT2D eigenvalue weighted by molar-refractivity contribution is 7.98. The fourth-order valence-electron chi connectivity index (χ4n) is 4.15. The quantitative estimate of drug-likeness (QED) is 0.366. The van der Waals surface area contributed by atoms with Crippen LogP contribution in [-0.2, 0) is 15.7 Å². The molecule has 1 unspecified atom stereocenters. The maximum absolute atomic E-state index is 13.2. The predicted molar refractivity (Wildman–Crippen MR) is 137 cm³/mol. The number of halogens is 4. The number of ether oxygens (including phenoxy) is 1. The van der Waals surface area contributed by atoms with Crippen LogP contribution in [0.3, 0.4) is 0 Å². The zero-order valence-electron chi connectivity index (χ0n) is 20.1. The number of amides is 2. The van der Waals surface area contributed by atoms with Crippen molar-refractivity contribution in [1.29, 1.82) is 0 Å². The van der Waals surface area contributed by atoms with Gasteiger partial charge in [-0.15, -0.1) is 0 Å². The molecule has 0 saturated carbocycles. The van der Waals surface area contributed by atoms with Crippen molar-refractivity contribution in [2.45, 2.75) is 25.9 Å². The number of alkyl halides is 3. The molecule has 0 N–H and O–H groups in total. The van der Waals surface area contributed by atoms with Gasteiger partial charge >= 0.3 is 12.3 Å². The molecule has 1 aliphatic rings. The second-order valence-corrected chi connectivity index (χ2v) is 10.1. The second kappa shape index (κ2) is 11.6. The summed E-state index contributed by atoms with van der Waals surface area (Å²) in [5.74, 6) is 0.307. The van der Waals surface area contributed by atoms with Gasteiger partial charge in [-0.25, -0.2) is 9.69 Å². The number of thioether (sulfide) groups is 1. The SMILES string of the molecule is COC(=O)N(C(=O)CN1CC(C)(CCCSC)C(c2ccc(Cl)cc2)=N1)c1ccc(C(F)(F)F)cc1. The number of carbonyl (C=O) groups excluding carboxylic acids is 2. The fourth-order valence-corrected chi connectivity index (χ4v) is 4.71. The number of hydrogen-bond acceptors (Lipinski definition) is 6. The van der Waals surface area contributed by atoms with Crippen LogP contribution in [0.2, 0.25) is 5.02 Å². The Bertz CT molecular complexity index is 1110. The summed E-state index contributed by atoms with van der Waals surface area (Å²) in [5, 5.41) is 6.90. The summed E-state index contributed by atoms with van der Waals surface area (Å²) in [5.41, 5.74) is 0.430. The summed E-state index contributed by atoms with van der Waals surface area (Å²) in [6.45, 7) is 2.26. The average molecular weight is 542 g/mol. The number of rotatable bonds is 8. The highest BCUT2D eigenvalue weighted by atomic mass is 35.5. The van der Waals surface area contributed by atoms with Crippen molar-refractivity contribution in [2.75, 3.05) is 37.1 Å². The minimum absolute atomic E-state index is 0.0244. The van der Waals surface area contributed by atoms with E-state index in [4.69, 9.17) is 21.4 Å². The fraction of sp³-hybridized carbons (Fsp3) is 0.400. The van der Waals surface area contributed by atoms with Crippen LogP contribution >= 0.6 is 23.4 Å². The van der Waals surface area contributed by atoms with Gasteiger partial charge in [-0.2, -0.15) is 30.0 Å². The van der Waals surface area contributed by atoms with Crippen molar-refractivity contribution in [1.82, 2.24) is 5.01 Å². The Morgan fingerprint density at radius 1 is 1.17 bits per heavy atom. The van der Waals surface area contributed by atoms with E-state index >= 15 is 0 Å². The van der Waals surface area contributed by atoms with Gasteiger partial charge in [-0.3, -0.25) is 9.80 Å². The first-order valence-electron chi connectivity index (χ1n) is 11.2. The van der Waals surface area contributed by atoms with Crippen LogP contribution in [0.5, 0.6) is 0 Å². The summed E-state index contributed by atoms with van der Waals surface area (Å²) in [6.07, 6.45) is -1.71. The standard InChI is InChI=1S/C25H27ClF3N3O3S/c1-24(13-4-14-36-3)16-31(30-22(24)17-5-9-19(26)10-6-17)15-21(33)32(23(34)35-2)20-11-7-18(8-12-20)25(27,28)29/h5-12H,4,13-16H2,1-3H3. The Hall–Kier alpha value is -2.72. The number of benzene rings is 2. The number of methoxy groups -OCH3 is 1. The lowest BCUT2D eigenvalue weighted by molar-refractivity contribution is -0.137. The third-order valence-electron chi connectivity index (χ3n) is 5.92. The molecule has 0 fully saturated rings. The lowest BCUT2D eigenvalue weighted by Gasteiger charge is -2.27.